The number of thioether (sulfide) groups is 1. The molecular weight excluding hydrogens is 304 g/mol. The van der Waals surface area contributed by atoms with Gasteiger partial charge >= 0.3 is 0 Å². The summed E-state index contributed by atoms with van der Waals surface area (Å²) in [5.41, 5.74) is 1.51. The SMILES string of the molecule is N#Cc1cccc(CNC(=O)CSc2ccc(Cl)cc2)c1. The maximum Gasteiger partial charge on any atom is 0.230 e. The van der Waals surface area contributed by atoms with Crippen molar-refractivity contribution < 1.29 is 4.79 Å². The zero-order valence-corrected chi connectivity index (χ0v) is 12.7. The minimum absolute atomic E-state index is 0.0442. The van der Waals surface area contributed by atoms with Crippen LogP contribution >= 0.6 is 23.4 Å². The molecule has 0 atom stereocenters. The van der Waals surface area contributed by atoms with Crippen LogP contribution in [0.1, 0.15) is 11.1 Å². The highest BCUT2D eigenvalue weighted by Crippen LogP contribution is 2.19. The Balaban J connectivity index is 1.79. The van der Waals surface area contributed by atoms with Gasteiger partial charge in [0, 0.05) is 16.5 Å². The lowest BCUT2D eigenvalue weighted by Gasteiger charge is -2.06. The first-order valence-corrected chi connectivity index (χ1v) is 7.68. The Bertz CT molecular complexity index is 665. The van der Waals surface area contributed by atoms with Crippen molar-refractivity contribution in [1.82, 2.24) is 5.32 Å². The van der Waals surface area contributed by atoms with Gasteiger partial charge in [-0.15, -0.1) is 11.8 Å². The molecular formula is C16H13ClN2OS. The van der Waals surface area contributed by atoms with Gasteiger partial charge in [-0.2, -0.15) is 5.26 Å². The van der Waals surface area contributed by atoms with Gasteiger partial charge in [-0.05, 0) is 42.0 Å². The topological polar surface area (TPSA) is 52.9 Å². The molecule has 0 spiro atoms. The molecule has 2 aromatic carbocycles. The molecule has 0 aliphatic carbocycles. The van der Waals surface area contributed by atoms with E-state index in [1.54, 1.807) is 24.3 Å². The van der Waals surface area contributed by atoms with Crippen molar-refractivity contribution in [2.45, 2.75) is 11.4 Å². The molecule has 3 nitrogen and oxygen atoms in total. The van der Waals surface area contributed by atoms with E-state index in [2.05, 4.69) is 11.4 Å². The maximum atomic E-state index is 11.8. The third-order valence-corrected chi connectivity index (χ3v) is 3.99. The average Bonchev–Trinajstić information content (AvgIpc) is 2.52. The Morgan fingerprint density at radius 2 is 2.00 bits per heavy atom. The molecule has 21 heavy (non-hydrogen) atoms. The number of carbonyl (C=O) groups excluding carboxylic acids is 1. The fourth-order valence-electron chi connectivity index (χ4n) is 1.68. The molecule has 0 saturated heterocycles. The summed E-state index contributed by atoms with van der Waals surface area (Å²) in [5, 5.41) is 12.3. The van der Waals surface area contributed by atoms with Crippen molar-refractivity contribution in [2.24, 2.45) is 0 Å². The standard InChI is InChI=1S/C16H13ClN2OS/c17-14-4-6-15(7-5-14)21-11-16(20)19-10-13-3-1-2-12(8-13)9-18/h1-8H,10-11H2,(H,19,20). The van der Waals surface area contributed by atoms with E-state index in [0.29, 0.717) is 22.9 Å². The zero-order valence-electron chi connectivity index (χ0n) is 11.2. The van der Waals surface area contributed by atoms with E-state index in [1.807, 2.05) is 24.3 Å². The van der Waals surface area contributed by atoms with Gasteiger partial charge in [-0.3, -0.25) is 4.79 Å². The van der Waals surface area contributed by atoms with Crippen LogP contribution in [0, 0.1) is 11.3 Å². The molecule has 1 amide bonds. The molecule has 2 rings (SSSR count). The highest BCUT2D eigenvalue weighted by Gasteiger charge is 2.03. The highest BCUT2D eigenvalue weighted by atomic mass is 35.5. The van der Waals surface area contributed by atoms with Crippen LogP contribution in [0.25, 0.3) is 0 Å². The molecule has 106 valence electrons. The molecule has 0 heterocycles. The van der Waals surface area contributed by atoms with Gasteiger partial charge in [0.1, 0.15) is 0 Å². The second-order valence-corrected chi connectivity index (χ2v) is 5.82. The fourth-order valence-corrected chi connectivity index (χ4v) is 2.54. The van der Waals surface area contributed by atoms with Crippen LogP contribution in [-0.2, 0) is 11.3 Å². The second-order valence-electron chi connectivity index (χ2n) is 4.33. The predicted octanol–water partition coefficient (Wildman–Crippen LogP) is 3.62. The normalized spacial score (nSPS) is 9.90. The summed E-state index contributed by atoms with van der Waals surface area (Å²) in [7, 11) is 0. The summed E-state index contributed by atoms with van der Waals surface area (Å²) in [6, 6.07) is 16.6. The Kier molecular flexibility index (Phi) is 5.68. The summed E-state index contributed by atoms with van der Waals surface area (Å²) in [6.07, 6.45) is 0. The van der Waals surface area contributed by atoms with Crippen LogP contribution in [0.5, 0.6) is 0 Å². The second kappa shape index (κ2) is 7.72. The molecule has 0 bridgehead atoms. The Morgan fingerprint density at radius 3 is 2.71 bits per heavy atom. The number of nitrogens with one attached hydrogen (secondary N) is 1. The summed E-state index contributed by atoms with van der Waals surface area (Å²) in [5.74, 6) is 0.303. The molecule has 0 unspecified atom stereocenters. The van der Waals surface area contributed by atoms with Crippen molar-refractivity contribution in [3.05, 3.63) is 64.7 Å². The first kappa shape index (κ1) is 15.4. The van der Waals surface area contributed by atoms with Gasteiger partial charge in [0.15, 0.2) is 0 Å². The molecule has 0 aromatic heterocycles. The van der Waals surface area contributed by atoms with E-state index in [4.69, 9.17) is 16.9 Å². The van der Waals surface area contributed by atoms with Crippen LogP contribution in [0.3, 0.4) is 0 Å². The number of rotatable bonds is 5. The number of amides is 1. The van der Waals surface area contributed by atoms with Crippen LogP contribution < -0.4 is 5.32 Å². The number of hydrogen-bond acceptors (Lipinski definition) is 3. The molecule has 0 aliphatic rings. The molecule has 0 radical (unpaired) electrons. The quantitative estimate of drug-likeness (QED) is 0.857. The Morgan fingerprint density at radius 1 is 1.24 bits per heavy atom. The van der Waals surface area contributed by atoms with Gasteiger partial charge < -0.3 is 5.32 Å². The third kappa shape index (κ3) is 5.14. The fraction of sp³-hybridized carbons (Fsp3) is 0.125. The molecule has 1 N–H and O–H groups in total. The number of nitrogens with zero attached hydrogens (tertiary/aromatic N) is 1. The van der Waals surface area contributed by atoms with Gasteiger partial charge in [-0.1, -0.05) is 23.7 Å². The van der Waals surface area contributed by atoms with Crippen molar-refractivity contribution in [3.8, 4) is 6.07 Å². The largest absolute Gasteiger partial charge is 0.351 e. The van der Waals surface area contributed by atoms with Gasteiger partial charge in [0.25, 0.3) is 0 Å². The number of halogens is 1. The molecule has 2 aromatic rings. The monoisotopic (exact) mass is 316 g/mol. The van der Waals surface area contributed by atoms with Crippen molar-refractivity contribution in [1.29, 1.82) is 5.26 Å². The van der Waals surface area contributed by atoms with Crippen LogP contribution in [0.2, 0.25) is 5.02 Å². The molecule has 0 saturated carbocycles. The summed E-state index contributed by atoms with van der Waals surface area (Å²) in [6.45, 7) is 0.426. The van der Waals surface area contributed by atoms with E-state index in [-0.39, 0.29) is 5.91 Å². The number of hydrogen-bond donors (Lipinski definition) is 1. The van der Waals surface area contributed by atoms with E-state index >= 15 is 0 Å². The van der Waals surface area contributed by atoms with E-state index in [9.17, 15) is 4.79 Å². The summed E-state index contributed by atoms with van der Waals surface area (Å²) >= 11 is 7.26. The predicted molar refractivity (Wildman–Crippen MR) is 85.2 cm³/mol. The van der Waals surface area contributed by atoms with Gasteiger partial charge in [-0.25, -0.2) is 0 Å². The van der Waals surface area contributed by atoms with Crippen LogP contribution in [-0.4, -0.2) is 11.7 Å². The zero-order chi connectivity index (χ0) is 15.1. The maximum absolute atomic E-state index is 11.8. The third-order valence-electron chi connectivity index (χ3n) is 2.73. The lowest BCUT2D eigenvalue weighted by atomic mass is 10.1. The first-order chi connectivity index (χ1) is 10.2. The highest BCUT2D eigenvalue weighted by molar-refractivity contribution is 8.00. The average molecular weight is 317 g/mol. The Labute approximate surface area is 132 Å². The minimum atomic E-state index is -0.0442. The molecule has 0 aliphatic heterocycles. The number of carbonyl (C=O) groups is 1. The van der Waals surface area contributed by atoms with E-state index < -0.39 is 0 Å². The van der Waals surface area contributed by atoms with Crippen molar-refractivity contribution >= 4 is 29.3 Å². The first-order valence-electron chi connectivity index (χ1n) is 6.31. The minimum Gasteiger partial charge on any atom is -0.351 e. The number of nitriles is 1. The van der Waals surface area contributed by atoms with Crippen molar-refractivity contribution in [3.63, 3.8) is 0 Å². The summed E-state index contributed by atoms with van der Waals surface area (Å²) in [4.78, 5) is 12.8. The van der Waals surface area contributed by atoms with Gasteiger partial charge in [0.2, 0.25) is 5.91 Å². The summed E-state index contributed by atoms with van der Waals surface area (Å²) < 4.78 is 0. The lowest BCUT2D eigenvalue weighted by molar-refractivity contribution is -0.118. The lowest BCUT2D eigenvalue weighted by Crippen LogP contribution is -2.24. The van der Waals surface area contributed by atoms with Crippen LogP contribution in [0.4, 0.5) is 0 Å². The molecule has 0 fully saturated rings. The number of benzene rings is 2. The van der Waals surface area contributed by atoms with Crippen LogP contribution in [0.15, 0.2) is 53.4 Å². The Hall–Kier alpha value is -1.96. The van der Waals surface area contributed by atoms with Gasteiger partial charge in [0.05, 0.1) is 17.4 Å². The molecule has 5 heteroatoms. The smallest absolute Gasteiger partial charge is 0.230 e. The van der Waals surface area contributed by atoms with E-state index in [0.717, 1.165) is 10.5 Å². The van der Waals surface area contributed by atoms with Crippen molar-refractivity contribution in [2.75, 3.05) is 5.75 Å². The van der Waals surface area contributed by atoms with E-state index in [1.165, 1.54) is 11.8 Å².